The van der Waals surface area contributed by atoms with E-state index in [1.54, 1.807) is 24.3 Å². The van der Waals surface area contributed by atoms with Crippen molar-refractivity contribution in [3.05, 3.63) is 118 Å². The molecule has 5 rings (SSSR count). The largest absolute Gasteiger partial charge is 0.476 e. The molecule has 3 aromatic carbocycles. The summed E-state index contributed by atoms with van der Waals surface area (Å²) in [5, 5.41) is 27.0. The first-order chi connectivity index (χ1) is 18.8. The van der Waals surface area contributed by atoms with E-state index in [-0.39, 0.29) is 11.5 Å². The second kappa shape index (κ2) is 11.2. The van der Waals surface area contributed by atoms with Gasteiger partial charge in [-0.3, -0.25) is 0 Å². The number of halogens is 2. The van der Waals surface area contributed by atoms with Crippen LogP contribution < -0.4 is 5.32 Å². The molecule has 0 saturated carbocycles. The Morgan fingerprint density at radius 2 is 1.56 bits per heavy atom. The third-order valence-electron chi connectivity index (χ3n) is 6.01. The molecule has 3 N–H and O–H groups in total. The molecule has 0 spiro atoms. The number of rotatable bonds is 9. The van der Waals surface area contributed by atoms with Crippen LogP contribution in [-0.2, 0) is 13.1 Å². The van der Waals surface area contributed by atoms with Gasteiger partial charge in [-0.2, -0.15) is 5.10 Å². The van der Waals surface area contributed by atoms with Crippen molar-refractivity contribution < 1.29 is 24.2 Å². The fraction of sp³-hybridized carbons (Fsp3) is 0.0690. The molecule has 0 unspecified atom stereocenters. The number of carbonyl (C=O) groups is 2. The maximum absolute atomic E-state index is 11.7. The Morgan fingerprint density at radius 1 is 0.795 bits per heavy atom. The molecule has 0 aliphatic heterocycles. The average molecular weight is 562 g/mol. The highest BCUT2D eigenvalue weighted by Crippen LogP contribution is 2.29. The molecular formula is C29H21Cl2N3O5. The molecule has 2 heterocycles. The van der Waals surface area contributed by atoms with Crippen LogP contribution in [-0.4, -0.2) is 31.9 Å². The Hall–Kier alpha value is -4.37. The number of furan rings is 1. The lowest BCUT2D eigenvalue weighted by molar-refractivity contribution is 0.0660. The second-order valence-electron chi connectivity index (χ2n) is 8.70. The van der Waals surface area contributed by atoms with E-state index in [1.807, 2.05) is 48.5 Å². The average Bonchev–Trinajstić information content (AvgIpc) is 3.60. The molecule has 39 heavy (non-hydrogen) atoms. The summed E-state index contributed by atoms with van der Waals surface area (Å²) in [7, 11) is 0. The number of carboxylic acids is 2. The second-order valence-corrected chi connectivity index (χ2v) is 9.51. The van der Waals surface area contributed by atoms with E-state index in [9.17, 15) is 14.7 Å². The number of benzene rings is 3. The highest BCUT2D eigenvalue weighted by molar-refractivity contribution is 6.42. The van der Waals surface area contributed by atoms with E-state index in [0.717, 1.165) is 22.3 Å². The van der Waals surface area contributed by atoms with Crippen LogP contribution in [0.1, 0.15) is 32.2 Å². The van der Waals surface area contributed by atoms with Gasteiger partial charge < -0.3 is 19.9 Å². The third kappa shape index (κ3) is 5.88. The van der Waals surface area contributed by atoms with Crippen molar-refractivity contribution in [2.75, 3.05) is 0 Å². The molecule has 5 aromatic rings. The SMILES string of the molecule is O=C(O)c1cc(-c2cccc(CNCc3ccc(-c4ccc(C(=O)O)o4)cc3)c2)n(-c2ccc(Cl)c(Cl)c2)n1. The molecule has 0 saturated heterocycles. The van der Waals surface area contributed by atoms with Crippen LogP contribution in [0, 0.1) is 0 Å². The summed E-state index contributed by atoms with van der Waals surface area (Å²) in [4.78, 5) is 22.7. The Bertz CT molecular complexity index is 1670. The van der Waals surface area contributed by atoms with Crippen molar-refractivity contribution in [2.45, 2.75) is 13.1 Å². The van der Waals surface area contributed by atoms with Crippen LogP contribution in [0.4, 0.5) is 0 Å². The number of nitrogens with one attached hydrogen (secondary N) is 1. The number of carboxylic acid groups (broad SMARTS) is 2. The molecule has 10 heteroatoms. The van der Waals surface area contributed by atoms with Gasteiger partial charge in [0.15, 0.2) is 5.69 Å². The van der Waals surface area contributed by atoms with Crippen molar-refractivity contribution >= 4 is 35.1 Å². The number of nitrogens with zero attached hydrogens (tertiary/aromatic N) is 2. The molecule has 0 bridgehead atoms. The van der Waals surface area contributed by atoms with Gasteiger partial charge in [0.2, 0.25) is 5.76 Å². The summed E-state index contributed by atoms with van der Waals surface area (Å²) in [6.45, 7) is 1.18. The minimum absolute atomic E-state index is 0.0863. The van der Waals surface area contributed by atoms with Crippen LogP contribution in [0.2, 0.25) is 10.0 Å². The summed E-state index contributed by atoms with van der Waals surface area (Å²) in [5.41, 5.74) is 4.74. The van der Waals surface area contributed by atoms with Crippen LogP contribution >= 0.6 is 23.2 Å². The Labute approximate surface area is 233 Å². The van der Waals surface area contributed by atoms with Gasteiger partial charge >= 0.3 is 11.9 Å². The molecular weight excluding hydrogens is 541 g/mol. The van der Waals surface area contributed by atoms with Gasteiger partial charge in [-0.05, 0) is 53.6 Å². The fourth-order valence-electron chi connectivity index (χ4n) is 4.09. The molecule has 8 nitrogen and oxygen atoms in total. The quantitative estimate of drug-likeness (QED) is 0.181. The number of hydrogen-bond acceptors (Lipinski definition) is 5. The van der Waals surface area contributed by atoms with Crippen molar-refractivity contribution in [2.24, 2.45) is 0 Å². The van der Waals surface area contributed by atoms with E-state index in [2.05, 4.69) is 10.4 Å². The fourth-order valence-corrected chi connectivity index (χ4v) is 4.38. The Kier molecular flexibility index (Phi) is 7.51. The topological polar surface area (TPSA) is 118 Å². The number of aromatic nitrogens is 2. The molecule has 0 radical (unpaired) electrons. The van der Waals surface area contributed by atoms with Crippen molar-refractivity contribution in [1.82, 2.24) is 15.1 Å². The predicted octanol–water partition coefficient (Wildman–Crippen LogP) is 6.79. The smallest absolute Gasteiger partial charge is 0.371 e. The highest BCUT2D eigenvalue weighted by atomic mass is 35.5. The van der Waals surface area contributed by atoms with Crippen LogP contribution in [0.5, 0.6) is 0 Å². The van der Waals surface area contributed by atoms with E-state index in [0.29, 0.717) is 40.3 Å². The first-order valence-electron chi connectivity index (χ1n) is 11.8. The summed E-state index contributed by atoms with van der Waals surface area (Å²) in [5.74, 6) is -1.84. The molecule has 0 amide bonds. The van der Waals surface area contributed by atoms with E-state index in [4.69, 9.17) is 32.7 Å². The zero-order valence-corrected chi connectivity index (χ0v) is 21.8. The van der Waals surface area contributed by atoms with E-state index >= 15 is 0 Å². The molecule has 0 atom stereocenters. The first kappa shape index (κ1) is 26.2. The van der Waals surface area contributed by atoms with Gasteiger partial charge in [0.25, 0.3) is 0 Å². The summed E-state index contributed by atoms with van der Waals surface area (Å²) >= 11 is 12.2. The van der Waals surface area contributed by atoms with Gasteiger partial charge in [-0.1, -0.05) is 65.7 Å². The summed E-state index contributed by atoms with van der Waals surface area (Å²) < 4.78 is 6.89. The summed E-state index contributed by atoms with van der Waals surface area (Å²) in [6, 6.07) is 25.0. The maximum Gasteiger partial charge on any atom is 0.371 e. The van der Waals surface area contributed by atoms with E-state index in [1.165, 1.54) is 16.8 Å². The molecule has 0 fully saturated rings. The zero-order valence-electron chi connectivity index (χ0n) is 20.3. The minimum Gasteiger partial charge on any atom is -0.476 e. The lowest BCUT2D eigenvalue weighted by Crippen LogP contribution is -2.12. The lowest BCUT2D eigenvalue weighted by atomic mass is 10.1. The standard InChI is InChI=1S/C29H21Cl2N3O5/c30-22-9-8-21(13-23(22)31)34-25(14-24(33-34)28(35)36)20-3-1-2-18(12-20)16-32-15-17-4-6-19(7-5-17)26-10-11-27(39-26)29(37)38/h1-14,32H,15-16H2,(H,35,36)(H,37,38). The van der Waals surface area contributed by atoms with Crippen molar-refractivity contribution in [3.8, 4) is 28.3 Å². The molecule has 0 aliphatic carbocycles. The van der Waals surface area contributed by atoms with Gasteiger partial charge in [-0.15, -0.1) is 0 Å². The predicted molar refractivity (Wildman–Crippen MR) is 148 cm³/mol. The van der Waals surface area contributed by atoms with Crippen molar-refractivity contribution in [3.63, 3.8) is 0 Å². The van der Waals surface area contributed by atoms with Gasteiger partial charge in [0.05, 0.1) is 21.4 Å². The first-order valence-corrected chi connectivity index (χ1v) is 12.6. The summed E-state index contributed by atoms with van der Waals surface area (Å²) in [6.07, 6.45) is 0. The lowest BCUT2D eigenvalue weighted by Gasteiger charge is -2.11. The zero-order chi connectivity index (χ0) is 27.5. The number of hydrogen-bond donors (Lipinski definition) is 3. The normalized spacial score (nSPS) is 11.0. The van der Waals surface area contributed by atoms with Gasteiger partial charge in [0.1, 0.15) is 5.76 Å². The molecule has 0 aliphatic rings. The Morgan fingerprint density at radius 3 is 2.26 bits per heavy atom. The minimum atomic E-state index is -1.13. The Balaban J connectivity index is 1.30. The third-order valence-corrected chi connectivity index (χ3v) is 6.75. The van der Waals surface area contributed by atoms with Gasteiger partial charge in [0, 0.05) is 24.2 Å². The van der Waals surface area contributed by atoms with Crippen LogP contribution in [0.25, 0.3) is 28.3 Å². The van der Waals surface area contributed by atoms with Crippen molar-refractivity contribution in [1.29, 1.82) is 0 Å². The van der Waals surface area contributed by atoms with Crippen LogP contribution in [0.15, 0.2) is 89.3 Å². The van der Waals surface area contributed by atoms with E-state index < -0.39 is 11.9 Å². The maximum atomic E-state index is 11.7. The van der Waals surface area contributed by atoms with Gasteiger partial charge in [-0.25, -0.2) is 14.3 Å². The highest BCUT2D eigenvalue weighted by Gasteiger charge is 2.17. The van der Waals surface area contributed by atoms with Crippen LogP contribution in [0.3, 0.4) is 0 Å². The molecule has 196 valence electrons. The molecule has 2 aromatic heterocycles. The monoisotopic (exact) mass is 561 g/mol. The number of aromatic carboxylic acids is 2.